The highest BCUT2D eigenvalue weighted by Gasteiger charge is 1.96. The lowest BCUT2D eigenvalue weighted by Gasteiger charge is -2.02. The van der Waals surface area contributed by atoms with Gasteiger partial charge in [0, 0.05) is 6.42 Å². The van der Waals surface area contributed by atoms with Crippen LogP contribution in [0.2, 0.25) is 0 Å². The molecule has 0 amide bonds. The SMILES string of the molecule is CCCC/C=C/CCCCCCCCCCCCCC(=O)O. The third-order valence-electron chi connectivity index (χ3n) is 4.15. The van der Waals surface area contributed by atoms with Crippen molar-refractivity contribution in [2.75, 3.05) is 0 Å². The monoisotopic (exact) mass is 310 g/mol. The van der Waals surface area contributed by atoms with E-state index in [9.17, 15) is 4.79 Å². The average Bonchev–Trinajstić information content (AvgIpc) is 2.50. The van der Waals surface area contributed by atoms with Crippen LogP contribution in [0.15, 0.2) is 12.2 Å². The van der Waals surface area contributed by atoms with Gasteiger partial charge in [0.05, 0.1) is 0 Å². The van der Waals surface area contributed by atoms with E-state index < -0.39 is 5.97 Å². The van der Waals surface area contributed by atoms with E-state index in [-0.39, 0.29) is 0 Å². The predicted octanol–water partition coefficient (Wildman–Crippen LogP) is 6.89. The lowest BCUT2D eigenvalue weighted by Crippen LogP contribution is -1.93. The Morgan fingerprint density at radius 2 is 1.09 bits per heavy atom. The summed E-state index contributed by atoms with van der Waals surface area (Å²) in [5, 5.41) is 8.54. The summed E-state index contributed by atoms with van der Waals surface area (Å²) in [4.78, 5) is 10.4. The van der Waals surface area contributed by atoms with Gasteiger partial charge in [-0.1, -0.05) is 89.7 Å². The number of allylic oxidation sites excluding steroid dienone is 2. The summed E-state index contributed by atoms with van der Waals surface area (Å²) < 4.78 is 0. The van der Waals surface area contributed by atoms with Crippen molar-refractivity contribution in [3.05, 3.63) is 12.2 Å². The number of carboxylic acid groups (broad SMARTS) is 1. The van der Waals surface area contributed by atoms with Crippen LogP contribution in [0.1, 0.15) is 110 Å². The molecule has 2 heteroatoms. The van der Waals surface area contributed by atoms with Crippen LogP contribution in [0.4, 0.5) is 0 Å². The summed E-state index contributed by atoms with van der Waals surface area (Å²) >= 11 is 0. The van der Waals surface area contributed by atoms with Crippen molar-refractivity contribution >= 4 is 5.97 Å². The van der Waals surface area contributed by atoms with Gasteiger partial charge in [-0.15, -0.1) is 0 Å². The lowest BCUT2D eigenvalue weighted by molar-refractivity contribution is -0.137. The van der Waals surface area contributed by atoms with Crippen molar-refractivity contribution < 1.29 is 9.90 Å². The maximum Gasteiger partial charge on any atom is 0.303 e. The van der Waals surface area contributed by atoms with Gasteiger partial charge in [-0.2, -0.15) is 0 Å². The summed E-state index contributed by atoms with van der Waals surface area (Å²) in [7, 11) is 0. The minimum absolute atomic E-state index is 0.341. The average molecular weight is 311 g/mol. The van der Waals surface area contributed by atoms with E-state index in [4.69, 9.17) is 5.11 Å². The molecule has 0 aromatic carbocycles. The van der Waals surface area contributed by atoms with Crippen LogP contribution in [0, 0.1) is 0 Å². The van der Waals surface area contributed by atoms with Crippen LogP contribution in [0.25, 0.3) is 0 Å². The first kappa shape index (κ1) is 21.2. The molecule has 0 heterocycles. The van der Waals surface area contributed by atoms with Crippen LogP contribution in [0.3, 0.4) is 0 Å². The summed E-state index contributed by atoms with van der Waals surface area (Å²) in [6.45, 7) is 2.24. The van der Waals surface area contributed by atoms with Crippen LogP contribution < -0.4 is 0 Å². The predicted molar refractivity (Wildman–Crippen MR) is 96.3 cm³/mol. The van der Waals surface area contributed by atoms with Gasteiger partial charge >= 0.3 is 5.97 Å². The van der Waals surface area contributed by atoms with Crippen molar-refractivity contribution in [3.8, 4) is 0 Å². The third-order valence-corrected chi connectivity index (χ3v) is 4.15. The van der Waals surface area contributed by atoms with Gasteiger partial charge < -0.3 is 5.11 Å². The van der Waals surface area contributed by atoms with Crippen molar-refractivity contribution in [1.82, 2.24) is 0 Å². The van der Waals surface area contributed by atoms with Crippen LogP contribution in [-0.2, 0) is 4.79 Å². The van der Waals surface area contributed by atoms with Gasteiger partial charge in [0.25, 0.3) is 0 Å². The topological polar surface area (TPSA) is 37.3 Å². The third kappa shape index (κ3) is 19.2. The molecular formula is C20H38O2. The Labute approximate surface area is 138 Å². The Bertz CT molecular complexity index is 258. The molecule has 1 N–H and O–H groups in total. The summed E-state index contributed by atoms with van der Waals surface area (Å²) in [5.74, 6) is -0.656. The summed E-state index contributed by atoms with van der Waals surface area (Å²) in [6.07, 6.45) is 24.2. The minimum Gasteiger partial charge on any atom is -0.481 e. The zero-order chi connectivity index (χ0) is 16.3. The Hall–Kier alpha value is -0.790. The van der Waals surface area contributed by atoms with E-state index in [1.807, 2.05) is 0 Å². The second-order valence-corrected chi connectivity index (χ2v) is 6.44. The van der Waals surface area contributed by atoms with Crippen LogP contribution in [0.5, 0.6) is 0 Å². The van der Waals surface area contributed by atoms with Gasteiger partial charge in [-0.3, -0.25) is 4.79 Å². The maximum atomic E-state index is 10.4. The Morgan fingerprint density at radius 3 is 1.55 bits per heavy atom. The molecule has 2 nitrogen and oxygen atoms in total. The van der Waals surface area contributed by atoms with E-state index in [0.717, 1.165) is 12.8 Å². The van der Waals surface area contributed by atoms with Crippen molar-refractivity contribution in [2.45, 2.75) is 110 Å². The Balaban J connectivity index is 3.02. The van der Waals surface area contributed by atoms with E-state index in [1.54, 1.807) is 0 Å². The fourth-order valence-electron chi connectivity index (χ4n) is 2.69. The van der Waals surface area contributed by atoms with Gasteiger partial charge in [-0.25, -0.2) is 0 Å². The first-order valence-electron chi connectivity index (χ1n) is 9.64. The number of rotatable bonds is 17. The molecule has 0 aliphatic carbocycles. The van der Waals surface area contributed by atoms with E-state index in [2.05, 4.69) is 19.1 Å². The molecule has 22 heavy (non-hydrogen) atoms. The molecule has 0 spiro atoms. The molecule has 0 aliphatic heterocycles. The molecule has 0 aromatic rings. The number of unbranched alkanes of at least 4 members (excludes halogenated alkanes) is 13. The smallest absolute Gasteiger partial charge is 0.303 e. The highest BCUT2D eigenvalue weighted by Crippen LogP contribution is 2.12. The van der Waals surface area contributed by atoms with Gasteiger partial charge in [0.15, 0.2) is 0 Å². The molecular weight excluding hydrogens is 272 g/mol. The highest BCUT2D eigenvalue weighted by atomic mass is 16.4. The van der Waals surface area contributed by atoms with Crippen molar-refractivity contribution in [3.63, 3.8) is 0 Å². The second-order valence-electron chi connectivity index (χ2n) is 6.44. The largest absolute Gasteiger partial charge is 0.481 e. The molecule has 0 bridgehead atoms. The molecule has 0 aliphatic rings. The fourth-order valence-corrected chi connectivity index (χ4v) is 2.69. The van der Waals surface area contributed by atoms with Crippen LogP contribution in [-0.4, -0.2) is 11.1 Å². The van der Waals surface area contributed by atoms with Crippen molar-refractivity contribution in [2.24, 2.45) is 0 Å². The van der Waals surface area contributed by atoms with E-state index >= 15 is 0 Å². The molecule has 0 unspecified atom stereocenters. The first-order chi connectivity index (χ1) is 10.8. The Morgan fingerprint density at radius 1 is 0.682 bits per heavy atom. The minimum atomic E-state index is -0.656. The standard InChI is InChI=1S/C20H38O2/c1-2-3-4-5-6-7-8-9-10-11-12-13-14-15-16-17-18-19-20(21)22/h5-6H,2-4,7-19H2,1H3,(H,21,22)/b6-5+. The number of carboxylic acids is 1. The van der Waals surface area contributed by atoms with E-state index in [0.29, 0.717) is 6.42 Å². The maximum absolute atomic E-state index is 10.4. The van der Waals surface area contributed by atoms with E-state index in [1.165, 1.54) is 83.5 Å². The van der Waals surface area contributed by atoms with Crippen molar-refractivity contribution in [1.29, 1.82) is 0 Å². The summed E-state index contributed by atoms with van der Waals surface area (Å²) in [6, 6.07) is 0. The Kier molecular flexibility index (Phi) is 17.6. The normalized spacial score (nSPS) is 11.3. The number of aliphatic carboxylic acids is 1. The second kappa shape index (κ2) is 18.3. The quantitative estimate of drug-likeness (QED) is 0.234. The molecule has 130 valence electrons. The molecule has 0 saturated heterocycles. The number of hydrogen-bond donors (Lipinski definition) is 1. The lowest BCUT2D eigenvalue weighted by atomic mass is 10.0. The molecule has 0 radical (unpaired) electrons. The zero-order valence-electron chi connectivity index (χ0n) is 14.8. The summed E-state index contributed by atoms with van der Waals surface area (Å²) in [5.41, 5.74) is 0. The van der Waals surface area contributed by atoms with Gasteiger partial charge in [-0.05, 0) is 25.7 Å². The molecule has 0 aromatic heterocycles. The fraction of sp³-hybridized carbons (Fsp3) is 0.850. The molecule has 0 atom stereocenters. The number of carbonyl (C=O) groups is 1. The van der Waals surface area contributed by atoms with Gasteiger partial charge in [0.2, 0.25) is 0 Å². The molecule has 0 rings (SSSR count). The highest BCUT2D eigenvalue weighted by molar-refractivity contribution is 5.66. The van der Waals surface area contributed by atoms with Crippen LogP contribution >= 0.6 is 0 Å². The molecule has 0 fully saturated rings. The number of hydrogen-bond acceptors (Lipinski definition) is 1. The zero-order valence-corrected chi connectivity index (χ0v) is 14.8. The molecule has 0 saturated carbocycles. The van der Waals surface area contributed by atoms with Gasteiger partial charge in [0.1, 0.15) is 0 Å². The first-order valence-corrected chi connectivity index (χ1v) is 9.64.